The Morgan fingerprint density at radius 3 is 2.68 bits per heavy atom. The molecule has 2 rings (SSSR count). The zero-order valence-electron chi connectivity index (χ0n) is 10.7. The number of ether oxygens (including phenoxy) is 1. The molecular weight excluding hydrogens is 244 g/mol. The second-order valence-corrected chi connectivity index (χ2v) is 4.35. The summed E-state index contributed by atoms with van der Waals surface area (Å²) in [7, 11) is 1.54. The molecule has 0 bridgehead atoms. The van der Waals surface area contributed by atoms with Gasteiger partial charge in [-0.25, -0.2) is 0 Å². The van der Waals surface area contributed by atoms with Crippen LogP contribution in [0, 0.1) is 0 Å². The molecule has 1 atom stereocenters. The fourth-order valence-corrected chi connectivity index (χ4v) is 2.20. The monoisotopic (exact) mass is 260 g/mol. The number of benzene rings is 2. The summed E-state index contributed by atoms with van der Waals surface area (Å²) in [6, 6.07) is 11.4. The summed E-state index contributed by atoms with van der Waals surface area (Å²) in [5.41, 5.74) is 0.654. The van der Waals surface area contributed by atoms with Crippen LogP contribution in [0.25, 0.3) is 10.8 Å². The number of carboxylic acid groups (broad SMARTS) is 1. The number of aliphatic hydroxyl groups is 1. The third-order valence-corrected chi connectivity index (χ3v) is 3.12. The average Bonchev–Trinajstić information content (AvgIpc) is 2.43. The molecule has 0 fully saturated rings. The van der Waals surface area contributed by atoms with Gasteiger partial charge in [-0.2, -0.15) is 0 Å². The van der Waals surface area contributed by atoms with Gasteiger partial charge in [0.05, 0.1) is 13.2 Å². The Balaban J connectivity index is 2.46. The summed E-state index contributed by atoms with van der Waals surface area (Å²) >= 11 is 0. The molecule has 2 aromatic rings. The molecule has 0 saturated carbocycles. The molecule has 0 heterocycles. The van der Waals surface area contributed by atoms with Gasteiger partial charge in [-0.3, -0.25) is 4.79 Å². The lowest BCUT2D eigenvalue weighted by Crippen LogP contribution is -2.05. The molecule has 100 valence electrons. The molecule has 19 heavy (non-hydrogen) atoms. The fraction of sp³-hybridized carbons (Fsp3) is 0.267. The largest absolute Gasteiger partial charge is 0.496 e. The summed E-state index contributed by atoms with van der Waals surface area (Å²) in [4.78, 5) is 10.6. The minimum absolute atomic E-state index is 0.0759. The van der Waals surface area contributed by atoms with E-state index in [1.807, 2.05) is 30.3 Å². The highest BCUT2D eigenvalue weighted by Crippen LogP contribution is 2.34. The number of fused-ring (bicyclic) bond motifs is 1. The standard InChI is InChI=1S/C15H16O4/c1-19-13-8-6-10-4-2-3-5-11(10)15(13)12(16)7-9-14(17)18/h2-6,8,12,16H,7,9H2,1H3,(H,17,18). The summed E-state index contributed by atoms with van der Waals surface area (Å²) in [5, 5.41) is 20.8. The molecular formula is C15H16O4. The Morgan fingerprint density at radius 2 is 2.00 bits per heavy atom. The zero-order valence-corrected chi connectivity index (χ0v) is 10.7. The van der Waals surface area contributed by atoms with Crippen LogP contribution in [-0.2, 0) is 4.79 Å². The number of aliphatic carboxylic acids is 1. The van der Waals surface area contributed by atoms with Gasteiger partial charge in [0.15, 0.2) is 0 Å². The van der Waals surface area contributed by atoms with E-state index in [9.17, 15) is 9.90 Å². The molecule has 4 nitrogen and oxygen atoms in total. The lowest BCUT2D eigenvalue weighted by Gasteiger charge is -2.17. The highest BCUT2D eigenvalue weighted by atomic mass is 16.5. The molecule has 0 aliphatic rings. The smallest absolute Gasteiger partial charge is 0.303 e. The molecule has 4 heteroatoms. The molecule has 0 radical (unpaired) electrons. The molecule has 0 aromatic heterocycles. The third kappa shape index (κ3) is 2.85. The molecule has 0 aliphatic heterocycles. The van der Waals surface area contributed by atoms with E-state index in [2.05, 4.69) is 0 Å². The number of carbonyl (C=O) groups is 1. The normalized spacial score (nSPS) is 12.3. The lowest BCUT2D eigenvalue weighted by atomic mass is 9.96. The van der Waals surface area contributed by atoms with Crippen LogP contribution in [-0.4, -0.2) is 23.3 Å². The van der Waals surface area contributed by atoms with E-state index >= 15 is 0 Å². The third-order valence-electron chi connectivity index (χ3n) is 3.12. The maximum Gasteiger partial charge on any atom is 0.303 e. The lowest BCUT2D eigenvalue weighted by molar-refractivity contribution is -0.137. The van der Waals surface area contributed by atoms with E-state index in [1.165, 1.54) is 7.11 Å². The first kappa shape index (κ1) is 13.4. The first-order valence-corrected chi connectivity index (χ1v) is 6.09. The second-order valence-electron chi connectivity index (χ2n) is 4.35. The minimum atomic E-state index is -0.918. The quantitative estimate of drug-likeness (QED) is 0.867. The highest BCUT2D eigenvalue weighted by Gasteiger charge is 2.17. The van der Waals surface area contributed by atoms with E-state index in [0.29, 0.717) is 11.3 Å². The number of hydrogen-bond acceptors (Lipinski definition) is 3. The number of rotatable bonds is 5. The van der Waals surface area contributed by atoms with Crippen LogP contribution in [0.4, 0.5) is 0 Å². The van der Waals surface area contributed by atoms with Crippen LogP contribution in [0.3, 0.4) is 0 Å². The first-order chi connectivity index (χ1) is 9.13. The van der Waals surface area contributed by atoms with Crippen LogP contribution in [0.5, 0.6) is 5.75 Å². The Labute approximate surface area is 111 Å². The Kier molecular flexibility index (Phi) is 4.02. The molecule has 0 aliphatic carbocycles. The fourth-order valence-electron chi connectivity index (χ4n) is 2.20. The predicted molar refractivity (Wildman–Crippen MR) is 72.3 cm³/mol. The molecule has 1 unspecified atom stereocenters. The number of hydrogen-bond donors (Lipinski definition) is 2. The number of carboxylic acids is 1. The van der Waals surface area contributed by atoms with Crippen molar-refractivity contribution < 1.29 is 19.7 Å². The van der Waals surface area contributed by atoms with E-state index < -0.39 is 12.1 Å². The van der Waals surface area contributed by atoms with Gasteiger partial charge in [0, 0.05) is 12.0 Å². The second kappa shape index (κ2) is 5.71. The highest BCUT2D eigenvalue weighted by molar-refractivity contribution is 5.88. The van der Waals surface area contributed by atoms with Gasteiger partial charge < -0.3 is 14.9 Å². The van der Waals surface area contributed by atoms with Gasteiger partial charge in [0.1, 0.15) is 5.75 Å². The van der Waals surface area contributed by atoms with Crippen molar-refractivity contribution in [3.05, 3.63) is 42.0 Å². The molecule has 2 N–H and O–H groups in total. The summed E-state index contributed by atoms with van der Waals surface area (Å²) in [6.45, 7) is 0. The number of aliphatic hydroxyl groups excluding tert-OH is 1. The minimum Gasteiger partial charge on any atom is -0.496 e. The Bertz CT molecular complexity index is 592. The van der Waals surface area contributed by atoms with Gasteiger partial charge in [0.25, 0.3) is 0 Å². The van der Waals surface area contributed by atoms with Crippen molar-refractivity contribution in [1.82, 2.24) is 0 Å². The summed E-state index contributed by atoms with van der Waals surface area (Å²) in [5.74, 6) is -0.338. The van der Waals surface area contributed by atoms with Gasteiger partial charge in [0.2, 0.25) is 0 Å². The van der Waals surface area contributed by atoms with E-state index in [0.717, 1.165) is 10.8 Å². The van der Waals surface area contributed by atoms with Crippen LogP contribution < -0.4 is 4.74 Å². The van der Waals surface area contributed by atoms with Gasteiger partial charge in [-0.1, -0.05) is 30.3 Å². The van der Waals surface area contributed by atoms with Gasteiger partial charge >= 0.3 is 5.97 Å². The van der Waals surface area contributed by atoms with Gasteiger partial charge in [-0.15, -0.1) is 0 Å². The molecule has 2 aromatic carbocycles. The average molecular weight is 260 g/mol. The topological polar surface area (TPSA) is 66.8 Å². The summed E-state index contributed by atoms with van der Waals surface area (Å²) < 4.78 is 5.27. The molecule has 0 saturated heterocycles. The SMILES string of the molecule is COc1ccc2ccccc2c1C(O)CCC(=O)O. The molecule has 0 amide bonds. The summed E-state index contributed by atoms with van der Waals surface area (Å²) in [6.07, 6.45) is -0.759. The van der Waals surface area contributed by atoms with Gasteiger partial charge in [-0.05, 0) is 23.3 Å². The van der Waals surface area contributed by atoms with E-state index in [-0.39, 0.29) is 12.8 Å². The maximum absolute atomic E-state index is 10.6. The van der Waals surface area contributed by atoms with Crippen molar-refractivity contribution in [2.75, 3.05) is 7.11 Å². The van der Waals surface area contributed by atoms with Crippen molar-refractivity contribution in [2.24, 2.45) is 0 Å². The van der Waals surface area contributed by atoms with Crippen molar-refractivity contribution >= 4 is 16.7 Å². The Hall–Kier alpha value is -2.07. The number of methoxy groups -OCH3 is 1. The Morgan fingerprint density at radius 1 is 1.26 bits per heavy atom. The maximum atomic E-state index is 10.6. The van der Waals surface area contributed by atoms with Crippen molar-refractivity contribution in [2.45, 2.75) is 18.9 Å². The van der Waals surface area contributed by atoms with Crippen LogP contribution in [0.15, 0.2) is 36.4 Å². The van der Waals surface area contributed by atoms with Crippen molar-refractivity contribution in [1.29, 1.82) is 0 Å². The first-order valence-electron chi connectivity index (χ1n) is 6.09. The molecule has 0 spiro atoms. The van der Waals surface area contributed by atoms with E-state index in [1.54, 1.807) is 6.07 Å². The zero-order chi connectivity index (χ0) is 13.8. The van der Waals surface area contributed by atoms with Crippen molar-refractivity contribution in [3.63, 3.8) is 0 Å². The van der Waals surface area contributed by atoms with Crippen LogP contribution >= 0.6 is 0 Å². The predicted octanol–water partition coefficient (Wildman–Crippen LogP) is 2.75. The van der Waals surface area contributed by atoms with Crippen LogP contribution in [0.2, 0.25) is 0 Å². The van der Waals surface area contributed by atoms with Crippen molar-refractivity contribution in [3.8, 4) is 5.75 Å². The van der Waals surface area contributed by atoms with Crippen LogP contribution in [0.1, 0.15) is 24.5 Å². The van der Waals surface area contributed by atoms with E-state index in [4.69, 9.17) is 9.84 Å².